The van der Waals surface area contributed by atoms with Gasteiger partial charge < -0.3 is 14.8 Å². The number of amides is 1. The molecule has 168 valence electrons. The number of rotatable bonds is 6. The number of nitrogens with one attached hydrogen (secondary N) is 1. The van der Waals surface area contributed by atoms with E-state index in [0.29, 0.717) is 27.1 Å². The highest BCUT2D eigenvalue weighted by Gasteiger charge is 2.26. The van der Waals surface area contributed by atoms with Gasteiger partial charge in [0.25, 0.3) is 5.91 Å². The maximum Gasteiger partial charge on any atom is 0.341 e. The molecule has 5 nitrogen and oxygen atoms in total. The molecule has 1 aromatic carbocycles. The summed E-state index contributed by atoms with van der Waals surface area (Å²) in [6.45, 7) is 2.29. The van der Waals surface area contributed by atoms with Crippen LogP contribution < -0.4 is 10.1 Å². The van der Waals surface area contributed by atoms with Gasteiger partial charge in [0.05, 0.1) is 17.6 Å². The van der Waals surface area contributed by atoms with Gasteiger partial charge in [0.15, 0.2) is 0 Å². The number of fused-ring (bicyclic) bond motifs is 1. The van der Waals surface area contributed by atoms with E-state index in [4.69, 9.17) is 21.1 Å². The van der Waals surface area contributed by atoms with Crippen molar-refractivity contribution in [2.75, 3.05) is 12.4 Å². The second-order valence-corrected chi connectivity index (χ2v) is 10.2. The van der Waals surface area contributed by atoms with Crippen LogP contribution in [0.4, 0.5) is 5.00 Å². The minimum absolute atomic E-state index is 0.231. The lowest BCUT2D eigenvalue weighted by atomic mass is 10.1. The highest BCUT2D eigenvalue weighted by Crippen LogP contribution is 2.38. The summed E-state index contributed by atoms with van der Waals surface area (Å²) in [6.07, 6.45) is 5.08. The Hall–Kier alpha value is -2.35. The number of hydrogen-bond donors (Lipinski definition) is 1. The van der Waals surface area contributed by atoms with Gasteiger partial charge in [-0.2, -0.15) is 0 Å². The molecule has 0 aliphatic heterocycles. The number of anilines is 1. The van der Waals surface area contributed by atoms with Crippen molar-refractivity contribution in [3.05, 3.63) is 66.7 Å². The van der Waals surface area contributed by atoms with Crippen LogP contribution in [0.25, 0.3) is 0 Å². The minimum atomic E-state index is -0.390. The summed E-state index contributed by atoms with van der Waals surface area (Å²) in [4.78, 5) is 27.2. The first-order valence-corrected chi connectivity index (χ1v) is 12.5. The van der Waals surface area contributed by atoms with Crippen molar-refractivity contribution >= 4 is 51.2 Å². The van der Waals surface area contributed by atoms with E-state index < -0.39 is 5.97 Å². The van der Waals surface area contributed by atoms with E-state index in [2.05, 4.69) is 5.32 Å². The van der Waals surface area contributed by atoms with Crippen molar-refractivity contribution in [3.8, 4) is 5.75 Å². The third-order valence-electron chi connectivity index (χ3n) is 5.45. The van der Waals surface area contributed by atoms with Gasteiger partial charge in [-0.3, -0.25) is 4.79 Å². The highest BCUT2D eigenvalue weighted by atomic mass is 35.5. The van der Waals surface area contributed by atoms with Gasteiger partial charge in [-0.25, -0.2) is 4.79 Å². The van der Waals surface area contributed by atoms with Gasteiger partial charge in [-0.15, -0.1) is 22.7 Å². The van der Waals surface area contributed by atoms with E-state index >= 15 is 0 Å². The Morgan fingerprint density at radius 2 is 1.97 bits per heavy atom. The SMILES string of the molecule is COC(=O)c1c(NC(=O)c2cc(COc3ccc(Cl)cc3C)cs2)sc2c1CCCCC2. The Morgan fingerprint density at radius 1 is 1.16 bits per heavy atom. The number of halogens is 1. The average Bonchev–Trinajstić information content (AvgIpc) is 3.31. The van der Waals surface area contributed by atoms with Gasteiger partial charge in [0.1, 0.15) is 17.4 Å². The summed E-state index contributed by atoms with van der Waals surface area (Å²) in [5, 5.41) is 6.11. The number of hydrogen-bond acceptors (Lipinski definition) is 6. The van der Waals surface area contributed by atoms with E-state index in [1.165, 1.54) is 34.7 Å². The molecule has 0 fully saturated rings. The predicted molar refractivity (Wildman–Crippen MR) is 130 cm³/mol. The maximum absolute atomic E-state index is 12.9. The van der Waals surface area contributed by atoms with E-state index in [-0.39, 0.29) is 5.91 Å². The van der Waals surface area contributed by atoms with Crippen LogP contribution in [0.2, 0.25) is 5.02 Å². The number of esters is 1. The van der Waals surface area contributed by atoms with Crippen molar-refractivity contribution in [1.29, 1.82) is 0 Å². The van der Waals surface area contributed by atoms with Crippen molar-refractivity contribution in [2.24, 2.45) is 0 Å². The standard InChI is InChI=1S/C24H24ClNO4S2/c1-14-10-16(25)8-9-18(14)30-12-15-11-20(31-13-15)22(27)26-23-21(24(28)29-2)17-6-4-3-5-7-19(17)32-23/h8-11,13H,3-7,12H2,1-2H3,(H,26,27). The van der Waals surface area contributed by atoms with E-state index in [9.17, 15) is 9.59 Å². The van der Waals surface area contributed by atoms with Crippen LogP contribution in [0, 0.1) is 6.92 Å². The molecule has 0 bridgehead atoms. The van der Waals surface area contributed by atoms with Crippen molar-refractivity contribution in [3.63, 3.8) is 0 Å². The number of carbonyl (C=O) groups is 2. The third kappa shape index (κ3) is 5.00. The molecule has 1 N–H and O–H groups in total. The number of ether oxygens (including phenoxy) is 2. The summed E-state index contributed by atoms with van der Waals surface area (Å²) < 4.78 is 10.9. The zero-order valence-corrected chi connectivity index (χ0v) is 20.3. The van der Waals surface area contributed by atoms with Gasteiger partial charge >= 0.3 is 5.97 Å². The maximum atomic E-state index is 12.9. The van der Waals surface area contributed by atoms with Crippen LogP contribution in [0.15, 0.2) is 29.6 Å². The molecule has 1 aliphatic carbocycles. The second-order valence-electron chi connectivity index (χ2n) is 7.73. The van der Waals surface area contributed by atoms with Crippen molar-refractivity contribution < 1.29 is 19.1 Å². The first kappa shape index (κ1) is 22.8. The molecule has 0 radical (unpaired) electrons. The Kier molecular flexibility index (Phi) is 7.18. The summed E-state index contributed by atoms with van der Waals surface area (Å²) in [5.74, 6) is 0.137. The molecule has 1 aliphatic rings. The van der Waals surface area contributed by atoms with Gasteiger partial charge in [-0.05, 0) is 73.4 Å². The lowest BCUT2D eigenvalue weighted by Crippen LogP contribution is -2.13. The molecule has 3 aromatic rings. The molecular weight excluding hydrogens is 466 g/mol. The molecule has 0 saturated heterocycles. The molecule has 32 heavy (non-hydrogen) atoms. The molecule has 1 amide bonds. The van der Waals surface area contributed by atoms with E-state index in [1.54, 1.807) is 6.07 Å². The molecule has 0 saturated carbocycles. The number of benzene rings is 1. The van der Waals surface area contributed by atoms with Crippen LogP contribution >= 0.6 is 34.3 Å². The Bertz CT molecular complexity index is 1150. The molecule has 0 spiro atoms. The zero-order chi connectivity index (χ0) is 22.7. The first-order valence-electron chi connectivity index (χ1n) is 10.5. The summed E-state index contributed by atoms with van der Waals surface area (Å²) in [5.41, 5.74) is 3.41. The molecule has 8 heteroatoms. The molecule has 4 rings (SSSR count). The minimum Gasteiger partial charge on any atom is -0.489 e. The van der Waals surface area contributed by atoms with Crippen LogP contribution in [0.1, 0.15) is 60.9 Å². The average molecular weight is 490 g/mol. The number of carbonyl (C=O) groups excluding carboxylic acids is 2. The zero-order valence-electron chi connectivity index (χ0n) is 18.0. The van der Waals surface area contributed by atoms with Crippen molar-refractivity contribution in [2.45, 2.75) is 45.6 Å². The predicted octanol–water partition coefficient (Wildman–Crippen LogP) is 6.66. The first-order chi connectivity index (χ1) is 15.5. The van der Waals surface area contributed by atoms with Crippen molar-refractivity contribution in [1.82, 2.24) is 0 Å². The quantitative estimate of drug-likeness (QED) is 0.310. The Balaban J connectivity index is 1.48. The van der Waals surface area contributed by atoms with Gasteiger partial charge in [-0.1, -0.05) is 18.0 Å². The number of methoxy groups -OCH3 is 1. The lowest BCUT2D eigenvalue weighted by molar-refractivity contribution is 0.0601. The fourth-order valence-corrected chi connectivity index (χ4v) is 6.11. The summed E-state index contributed by atoms with van der Waals surface area (Å²) in [6, 6.07) is 7.30. The highest BCUT2D eigenvalue weighted by molar-refractivity contribution is 7.17. The lowest BCUT2D eigenvalue weighted by Gasteiger charge is -2.08. The van der Waals surface area contributed by atoms with Gasteiger partial charge in [0, 0.05) is 15.5 Å². The fraction of sp³-hybridized carbons (Fsp3) is 0.333. The van der Waals surface area contributed by atoms with Gasteiger partial charge in [0.2, 0.25) is 0 Å². The number of aryl methyl sites for hydroxylation is 2. The van der Waals surface area contributed by atoms with Crippen LogP contribution in [0.3, 0.4) is 0 Å². The molecule has 0 unspecified atom stereocenters. The monoisotopic (exact) mass is 489 g/mol. The number of thiophene rings is 2. The van der Waals surface area contributed by atoms with Crippen LogP contribution in [-0.2, 0) is 24.2 Å². The smallest absolute Gasteiger partial charge is 0.341 e. The second kappa shape index (κ2) is 10.1. The van der Waals surface area contributed by atoms with Crippen LogP contribution in [-0.4, -0.2) is 19.0 Å². The molecule has 2 aromatic heterocycles. The van der Waals surface area contributed by atoms with E-state index in [0.717, 1.165) is 54.5 Å². The fourth-order valence-electron chi connectivity index (χ4n) is 3.82. The Labute approximate surface area is 200 Å². The largest absolute Gasteiger partial charge is 0.489 e. The molecule has 0 atom stereocenters. The summed E-state index contributed by atoms with van der Waals surface area (Å²) >= 11 is 8.84. The van der Waals surface area contributed by atoms with E-state index in [1.807, 2.05) is 30.5 Å². The molecular formula is C24H24ClNO4S2. The van der Waals surface area contributed by atoms with Crippen LogP contribution in [0.5, 0.6) is 5.75 Å². The molecule has 2 heterocycles. The normalized spacial score (nSPS) is 13.2. The topological polar surface area (TPSA) is 64.6 Å². The Morgan fingerprint density at radius 3 is 2.75 bits per heavy atom. The third-order valence-corrected chi connectivity index (χ3v) is 7.87. The summed E-state index contributed by atoms with van der Waals surface area (Å²) in [7, 11) is 1.38.